The SMILES string of the molecule is CNC(=O)NC1C(=O)NC(=O)N1C. The van der Waals surface area contributed by atoms with Crippen LogP contribution >= 0.6 is 0 Å². The number of carbonyl (C=O) groups is 3. The highest BCUT2D eigenvalue weighted by Crippen LogP contribution is 2.01. The Hall–Kier alpha value is -1.79. The number of hydrogen-bond acceptors (Lipinski definition) is 3. The zero-order chi connectivity index (χ0) is 10.0. The highest BCUT2D eigenvalue weighted by atomic mass is 16.2. The number of urea groups is 2. The van der Waals surface area contributed by atoms with Gasteiger partial charge in [0.2, 0.25) is 0 Å². The van der Waals surface area contributed by atoms with Gasteiger partial charge in [-0.1, -0.05) is 0 Å². The van der Waals surface area contributed by atoms with Crippen LogP contribution in [0.1, 0.15) is 0 Å². The molecule has 0 aromatic rings. The first-order valence-corrected chi connectivity index (χ1v) is 3.62. The zero-order valence-electron chi connectivity index (χ0n) is 7.25. The van der Waals surface area contributed by atoms with Crippen molar-refractivity contribution >= 4 is 18.0 Å². The lowest BCUT2D eigenvalue weighted by Crippen LogP contribution is -2.50. The van der Waals surface area contributed by atoms with E-state index in [2.05, 4.69) is 16.0 Å². The van der Waals surface area contributed by atoms with Gasteiger partial charge in [-0.05, 0) is 0 Å². The predicted octanol–water partition coefficient (Wildman–Crippen LogP) is -1.58. The van der Waals surface area contributed by atoms with Crippen LogP contribution in [0, 0.1) is 0 Å². The summed E-state index contributed by atoms with van der Waals surface area (Å²) in [4.78, 5) is 33.9. The predicted molar refractivity (Wildman–Crippen MR) is 42.7 cm³/mol. The summed E-state index contributed by atoms with van der Waals surface area (Å²) in [5, 5.41) is 6.63. The van der Waals surface area contributed by atoms with Crippen molar-refractivity contribution in [2.45, 2.75) is 6.17 Å². The first-order chi connectivity index (χ1) is 6.06. The standard InChI is InChI=1S/C6H10N4O3/c1-7-5(12)8-3-4(11)9-6(13)10(3)2/h3H,1-2H3,(H2,7,8,12)(H,9,11,13). The molecule has 0 bridgehead atoms. The zero-order valence-corrected chi connectivity index (χ0v) is 7.25. The van der Waals surface area contributed by atoms with Crippen molar-refractivity contribution in [2.24, 2.45) is 0 Å². The average molecular weight is 186 g/mol. The minimum Gasteiger partial charge on any atom is -0.341 e. The van der Waals surface area contributed by atoms with E-state index < -0.39 is 24.1 Å². The maximum Gasteiger partial charge on any atom is 0.325 e. The smallest absolute Gasteiger partial charge is 0.325 e. The number of amides is 5. The minimum absolute atomic E-state index is 0.512. The van der Waals surface area contributed by atoms with Gasteiger partial charge in [-0.25, -0.2) is 9.59 Å². The van der Waals surface area contributed by atoms with Crippen LogP contribution in [0.2, 0.25) is 0 Å². The number of hydrogen-bond donors (Lipinski definition) is 3. The van der Waals surface area contributed by atoms with Gasteiger partial charge in [0.15, 0.2) is 6.17 Å². The van der Waals surface area contributed by atoms with Crippen molar-refractivity contribution in [1.82, 2.24) is 20.9 Å². The summed E-state index contributed by atoms with van der Waals surface area (Å²) in [6.07, 6.45) is -0.924. The second kappa shape index (κ2) is 3.30. The molecule has 0 spiro atoms. The Labute approximate surface area is 74.5 Å². The van der Waals surface area contributed by atoms with Crippen LogP contribution in [0.5, 0.6) is 0 Å². The monoisotopic (exact) mass is 186 g/mol. The lowest BCUT2D eigenvalue weighted by molar-refractivity contribution is -0.121. The van der Waals surface area contributed by atoms with Crippen LogP contribution in [0.4, 0.5) is 9.59 Å². The van der Waals surface area contributed by atoms with Crippen molar-refractivity contribution in [1.29, 1.82) is 0 Å². The van der Waals surface area contributed by atoms with Gasteiger partial charge in [0.25, 0.3) is 5.91 Å². The van der Waals surface area contributed by atoms with Crippen LogP contribution in [0.25, 0.3) is 0 Å². The summed E-state index contributed by atoms with van der Waals surface area (Å²) < 4.78 is 0. The summed E-state index contributed by atoms with van der Waals surface area (Å²) in [5.74, 6) is -0.531. The molecule has 5 amide bonds. The van der Waals surface area contributed by atoms with E-state index in [4.69, 9.17) is 0 Å². The van der Waals surface area contributed by atoms with Crippen LogP contribution < -0.4 is 16.0 Å². The summed E-state index contributed by atoms with van der Waals surface area (Å²) in [6, 6.07) is -1.03. The molecule has 0 aromatic carbocycles. The van der Waals surface area contributed by atoms with E-state index in [9.17, 15) is 14.4 Å². The van der Waals surface area contributed by atoms with Crippen molar-refractivity contribution in [2.75, 3.05) is 14.1 Å². The van der Waals surface area contributed by atoms with Crippen LogP contribution in [0.15, 0.2) is 0 Å². The third kappa shape index (κ3) is 1.68. The molecular formula is C6H10N4O3. The van der Waals surface area contributed by atoms with Gasteiger partial charge in [-0.15, -0.1) is 0 Å². The molecule has 7 nitrogen and oxygen atoms in total. The number of carbonyl (C=O) groups excluding carboxylic acids is 3. The van der Waals surface area contributed by atoms with E-state index in [1.807, 2.05) is 0 Å². The molecule has 0 aromatic heterocycles. The summed E-state index contributed by atoms with van der Waals surface area (Å²) in [7, 11) is 2.84. The number of rotatable bonds is 1. The van der Waals surface area contributed by atoms with Gasteiger partial charge in [0.05, 0.1) is 0 Å². The van der Waals surface area contributed by atoms with Crippen molar-refractivity contribution < 1.29 is 14.4 Å². The van der Waals surface area contributed by atoms with Crippen molar-refractivity contribution in [3.05, 3.63) is 0 Å². The fourth-order valence-corrected chi connectivity index (χ4v) is 0.914. The molecule has 0 radical (unpaired) electrons. The Bertz CT molecular complexity index is 265. The van der Waals surface area contributed by atoms with Gasteiger partial charge in [0.1, 0.15) is 0 Å². The third-order valence-corrected chi connectivity index (χ3v) is 1.68. The number of nitrogens with zero attached hydrogens (tertiary/aromatic N) is 1. The van der Waals surface area contributed by atoms with E-state index in [1.165, 1.54) is 14.1 Å². The van der Waals surface area contributed by atoms with Crippen molar-refractivity contribution in [3.8, 4) is 0 Å². The first kappa shape index (κ1) is 9.30. The number of likely N-dealkylation sites (N-methyl/N-ethyl adjacent to an activating group) is 1. The molecule has 1 atom stereocenters. The number of nitrogens with one attached hydrogen (secondary N) is 3. The fourth-order valence-electron chi connectivity index (χ4n) is 0.914. The third-order valence-electron chi connectivity index (χ3n) is 1.68. The molecule has 1 fully saturated rings. The van der Waals surface area contributed by atoms with Gasteiger partial charge in [-0.2, -0.15) is 0 Å². The second-order valence-electron chi connectivity index (χ2n) is 2.53. The molecule has 7 heteroatoms. The van der Waals surface area contributed by atoms with Gasteiger partial charge in [0, 0.05) is 14.1 Å². The van der Waals surface area contributed by atoms with E-state index in [1.54, 1.807) is 0 Å². The van der Waals surface area contributed by atoms with E-state index in [0.29, 0.717) is 0 Å². The summed E-state index contributed by atoms with van der Waals surface area (Å²) in [6.45, 7) is 0. The molecule has 1 aliphatic heterocycles. The number of imide groups is 1. The molecule has 1 heterocycles. The van der Waals surface area contributed by atoms with E-state index in [-0.39, 0.29) is 0 Å². The molecule has 1 unspecified atom stereocenters. The second-order valence-corrected chi connectivity index (χ2v) is 2.53. The lowest BCUT2D eigenvalue weighted by atomic mass is 10.4. The molecule has 1 aliphatic rings. The largest absolute Gasteiger partial charge is 0.341 e. The van der Waals surface area contributed by atoms with Crippen LogP contribution in [-0.2, 0) is 4.79 Å². The topological polar surface area (TPSA) is 90.5 Å². The Morgan fingerprint density at radius 2 is 2.15 bits per heavy atom. The van der Waals surface area contributed by atoms with Crippen molar-refractivity contribution in [3.63, 3.8) is 0 Å². The van der Waals surface area contributed by atoms with E-state index >= 15 is 0 Å². The molecule has 72 valence electrons. The van der Waals surface area contributed by atoms with Gasteiger partial charge < -0.3 is 10.6 Å². The Morgan fingerprint density at radius 1 is 1.54 bits per heavy atom. The average Bonchev–Trinajstić information content (AvgIpc) is 2.32. The normalized spacial score (nSPS) is 21.4. The minimum atomic E-state index is -0.924. The maximum atomic E-state index is 11.0. The molecule has 1 rings (SSSR count). The fraction of sp³-hybridized carbons (Fsp3) is 0.500. The maximum absolute atomic E-state index is 11.0. The van der Waals surface area contributed by atoms with E-state index in [0.717, 1.165) is 4.90 Å². The molecular weight excluding hydrogens is 176 g/mol. The molecule has 3 N–H and O–H groups in total. The Kier molecular flexibility index (Phi) is 2.36. The molecule has 0 saturated carbocycles. The van der Waals surface area contributed by atoms with Gasteiger partial charge in [-0.3, -0.25) is 15.0 Å². The summed E-state index contributed by atoms with van der Waals surface area (Å²) >= 11 is 0. The molecule has 1 saturated heterocycles. The summed E-state index contributed by atoms with van der Waals surface area (Å²) in [5.41, 5.74) is 0. The molecule has 13 heavy (non-hydrogen) atoms. The quantitative estimate of drug-likeness (QED) is 0.432. The van der Waals surface area contributed by atoms with Crippen LogP contribution in [0.3, 0.4) is 0 Å². The highest BCUT2D eigenvalue weighted by molar-refractivity contribution is 6.05. The van der Waals surface area contributed by atoms with Crippen LogP contribution in [-0.4, -0.2) is 43.1 Å². The van der Waals surface area contributed by atoms with Gasteiger partial charge >= 0.3 is 12.1 Å². The first-order valence-electron chi connectivity index (χ1n) is 3.62. The Morgan fingerprint density at radius 3 is 2.54 bits per heavy atom. The highest BCUT2D eigenvalue weighted by Gasteiger charge is 2.36. The molecule has 0 aliphatic carbocycles. The Balaban J connectivity index is 2.64. The lowest BCUT2D eigenvalue weighted by Gasteiger charge is -2.16.